The zero-order valence-corrected chi connectivity index (χ0v) is 10.9. The summed E-state index contributed by atoms with van der Waals surface area (Å²) in [5.41, 5.74) is 8.27. The Morgan fingerprint density at radius 3 is 2.42 bits per heavy atom. The van der Waals surface area contributed by atoms with Gasteiger partial charge < -0.3 is 16.0 Å². The van der Waals surface area contributed by atoms with Crippen LogP contribution >= 0.6 is 0 Å². The molecule has 0 aliphatic rings. The van der Waals surface area contributed by atoms with Crippen LogP contribution < -0.4 is 16.0 Å². The molecule has 2 rings (SSSR count). The number of rotatable bonds is 3. The van der Waals surface area contributed by atoms with Crippen LogP contribution in [0.4, 0.5) is 22.9 Å². The smallest absolute Gasteiger partial charge is 0.165 e. The van der Waals surface area contributed by atoms with Crippen molar-refractivity contribution < 1.29 is 0 Å². The van der Waals surface area contributed by atoms with Crippen molar-refractivity contribution in [3.63, 3.8) is 0 Å². The first-order valence-electron chi connectivity index (χ1n) is 5.81. The zero-order chi connectivity index (χ0) is 13.8. The molecule has 0 atom stereocenters. The number of aromatic nitrogens is 1. The number of nitrogen functional groups attached to an aromatic ring is 1. The van der Waals surface area contributed by atoms with Crippen molar-refractivity contribution in [1.82, 2.24) is 4.98 Å². The van der Waals surface area contributed by atoms with E-state index in [-0.39, 0.29) is 5.69 Å². The average molecular weight is 253 g/mol. The Bertz CT molecular complexity index is 611. The Balaban J connectivity index is 2.19. The molecule has 0 aliphatic carbocycles. The van der Waals surface area contributed by atoms with Crippen LogP contribution in [0.2, 0.25) is 0 Å². The van der Waals surface area contributed by atoms with Crippen LogP contribution in [-0.2, 0) is 0 Å². The van der Waals surface area contributed by atoms with Gasteiger partial charge in [0.15, 0.2) is 5.69 Å². The molecule has 96 valence electrons. The highest BCUT2D eigenvalue weighted by atomic mass is 15.1. The third-order valence-electron chi connectivity index (χ3n) is 2.69. The molecule has 5 nitrogen and oxygen atoms in total. The number of nitrogens with one attached hydrogen (secondary N) is 1. The summed E-state index contributed by atoms with van der Waals surface area (Å²) in [7, 11) is 3.98. The van der Waals surface area contributed by atoms with Crippen LogP contribution in [0.15, 0.2) is 36.4 Å². The van der Waals surface area contributed by atoms with Crippen LogP contribution in [0.5, 0.6) is 0 Å². The lowest BCUT2D eigenvalue weighted by Crippen LogP contribution is -2.08. The quantitative estimate of drug-likeness (QED) is 0.877. The summed E-state index contributed by atoms with van der Waals surface area (Å²) >= 11 is 0. The predicted octanol–water partition coefficient (Wildman–Crippen LogP) is 2.35. The van der Waals surface area contributed by atoms with Gasteiger partial charge in [-0.05, 0) is 36.4 Å². The van der Waals surface area contributed by atoms with Gasteiger partial charge in [0.05, 0.1) is 5.69 Å². The molecule has 0 bridgehead atoms. The molecule has 0 saturated heterocycles. The Labute approximate surface area is 112 Å². The van der Waals surface area contributed by atoms with E-state index in [1.807, 2.05) is 49.3 Å². The second-order valence-corrected chi connectivity index (χ2v) is 4.31. The lowest BCUT2D eigenvalue weighted by atomic mass is 10.2. The van der Waals surface area contributed by atoms with Crippen LogP contribution in [-0.4, -0.2) is 19.1 Å². The number of hydrogen-bond acceptors (Lipinski definition) is 5. The van der Waals surface area contributed by atoms with Gasteiger partial charge in [0, 0.05) is 25.5 Å². The van der Waals surface area contributed by atoms with E-state index in [9.17, 15) is 0 Å². The van der Waals surface area contributed by atoms with Gasteiger partial charge in [-0.1, -0.05) is 0 Å². The van der Waals surface area contributed by atoms with Crippen LogP contribution in [0.25, 0.3) is 0 Å². The number of benzene rings is 1. The summed E-state index contributed by atoms with van der Waals surface area (Å²) in [6, 6.07) is 13.3. The molecule has 1 aromatic carbocycles. The summed E-state index contributed by atoms with van der Waals surface area (Å²) in [5, 5.41) is 12.0. The number of anilines is 4. The minimum absolute atomic E-state index is 0.231. The summed E-state index contributed by atoms with van der Waals surface area (Å²) in [6.45, 7) is 0. The SMILES string of the molecule is CN(C)c1ccc(Nc2ccc(N)c(C#N)n2)cc1. The molecule has 0 radical (unpaired) electrons. The molecular weight excluding hydrogens is 238 g/mol. The first-order valence-corrected chi connectivity index (χ1v) is 5.81. The van der Waals surface area contributed by atoms with Gasteiger partial charge in [-0.2, -0.15) is 5.26 Å². The molecule has 3 N–H and O–H groups in total. The molecular formula is C14H15N5. The molecule has 0 amide bonds. The summed E-state index contributed by atoms with van der Waals surface area (Å²) < 4.78 is 0. The third kappa shape index (κ3) is 2.93. The lowest BCUT2D eigenvalue weighted by molar-refractivity contribution is 1.13. The molecule has 0 spiro atoms. The molecule has 0 fully saturated rings. The van der Waals surface area contributed by atoms with Crippen LogP contribution in [0, 0.1) is 11.3 Å². The van der Waals surface area contributed by atoms with Gasteiger partial charge in [0.2, 0.25) is 0 Å². The van der Waals surface area contributed by atoms with Crippen molar-refractivity contribution in [2.24, 2.45) is 0 Å². The van der Waals surface area contributed by atoms with Gasteiger partial charge in [-0.15, -0.1) is 0 Å². The topological polar surface area (TPSA) is 78.0 Å². The molecule has 1 heterocycles. The highest BCUT2D eigenvalue weighted by Gasteiger charge is 2.03. The molecule has 1 aromatic heterocycles. The van der Waals surface area contributed by atoms with Crippen molar-refractivity contribution in [3.05, 3.63) is 42.1 Å². The number of nitrogens with two attached hydrogens (primary N) is 1. The van der Waals surface area contributed by atoms with Gasteiger partial charge in [0.1, 0.15) is 11.9 Å². The van der Waals surface area contributed by atoms with Crippen molar-refractivity contribution in [2.75, 3.05) is 30.0 Å². The fourth-order valence-electron chi connectivity index (χ4n) is 1.62. The Morgan fingerprint density at radius 2 is 1.84 bits per heavy atom. The monoisotopic (exact) mass is 253 g/mol. The molecule has 5 heteroatoms. The first-order chi connectivity index (χ1) is 9.10. The maximum atomic E-state index is 8.88. The Hall–Kier alpha value is -2.74. The van der Waals surface area contributed by atoms with Crippen molar-refractivity contribution in [3.8, 4) is 6.07 Å². The average Bonchev–Trinajstić information content (AvgIpc) is 2.41. The normalized spacial score (nSPS) is 9.74. The predicted molar refractivity (Wildman–Crippen MR) is 77.4 cm³/mol. The number of pyridine rings is 1. The minimum Gasteiger partial charge on any atom is -0.396 e. The standard InChI is InChI=1S/C14H15N5/c1-19(2)11-5-3-10(4-6-11)17-14-8-7-12(16)13(9-15)18-14/h3-8H,16H2,1-2H3,(H,17,18). The van der Waals surface area contributed by atoms with Crippen LogP contribution in [0.3, 0.4) is 0 Å². The second kappa shape index (κ2) is 5.27. The van der Waals surface area contributed by atoms with E-state index in [1.165, 1.54) is 0 Å². The van der Waals surface area contributed by atoms with E-state index >= 15 is 0 Å². The lowest BCUT2D eigenvalue weighted by Gasteiger charge is -2.13. The van der Waals surface area contributed by atoms with E-state index < -0.39 is 0 Å². The van der Waals surface area contributed by atoms with E-state index in [0.29, 0.717) is 11.5 Å². The van der Waals surface area contributed by atoms with E-state index in [0.717, 1.165) is 11.4 Å². The van der Waals surface area contributed by atoms with Gasteiger partial charge in [0.25, 0.3) is 0 Å². The fourth-order valence-corrected chi connectivity index (χ4v) is 1.62. The highest BCUT2D eigenvalue weighted by molar-refractivity contribution is 5.63. The van der Waals surface area contributed by atoms with E-state index in [2.05, 4.69) is 10.3 Å². The zero-order valence-electron chi connectivity index (χ0n) is 10.9. The molecule has 0 saturated carbocycles. The summed E-state index contributed by atoms with van der Waals surface area (Å²) in [6.07, 6.45) is 0. The maximum Gasteiger partial charge on any atom is 0.165 e. The van der Waals surface area contributed by atoms with Crippen molar-refractivity contribution in [1.29, 1.82) is 5.26 Å². The number of nitriles is 1. The van der Waals surface area contributed by atoms with Crippen molar-refractivity contribution in [2.45, 2.75) is 0 Å². The summed E-state index contributed by atoms with van der Waals surface area (Å²) in [4.78, 5) is 6.16. The van der Waals surface area contributed by atoms with E-state index in [1.54, 1.807) is 12.1 Å². The van der Waals surface area contributed by atoms with Crippen molar-refractivity contribution >= 4 is 22.9 Å². The largest absolute Gasteiger partial charge is 0.396 e. The molecule has 0 unspecified atom stereocenters. The van der Waals surface area contributed by atoms with Gasteiger partial charge in [-0.3, -0.25) is 0 Å². The highest BCUT2D eigenvalue weighted by Crippen LogP contribution is 2.20. The van der Waals surface area contributed by atoms with Gasteiger partial charge in [-0.25, -0.2) is 4.98 Å². The summed E-state index contributed by atoms with van der Waals surface area (Å²) in [5.74, 6) is 0.600. The minimum atomic E-state index is 0.231. The van der Waals surface area contributed by atoms with E-state index in [4.69, 9.17) is 11.0 Å². The second-order valence-electron chi connectivity index (χ2n) is 4.31. The Kier molecular flexibility index (Phi) is 3.53. The molecule has 19 heavy (non-hydrogen) atoms. The molecule has 0 aliphatic heterocycles. The fraction of sp³-hybridized carbons (Fsp3) is 0.143. The number of nitrogens with zero attached hydrogens (tertiary/aromatic N) is 3. The van der Waals surface area contributed by atoms with Gasteiger partial charge >= 0.3 is 0 Å². The third-order valence-corrected chi connectivity index (χ3v) is 2.69. The van der Waals surface area contributed by atoms with Crippen LogP contribution in [0.1, 0.15) is 5.69 Å². The Morgan fingerprint density at radius 1 is 1.16 bits per heavy atom. The first kappa shape index (κ1) is 12.7. The number of hydrogen-bond donors (Lipinski definition) is 2. The maximum absolute atomic E-state index is 8.88. The molecule has 2 aromatic rings.